The van der Waals surface area contributed by atoms with Crippen molar-refractivity contribution < 1.29 is 0 Å². The molecular weight excluding hydrogens is 508 g/mol. The molecule has 0 saturated heterocycles. The number of benzene rings is 2. The van der Waals surface area contributed by atoms with Crippen LogP contribution >= 0.6 is 12.2 Å². The molecule has 5 heteroatoms. The van der Waals surface area contributed by atoms with Gasteiger partial charge in [-0.15, -0.1) is 0 Å². The minimum absolute atomic E-state index is 0.477. The van der Waals surface area contributed by atoms with E-state index in [1.54, 1.807) is 0 Å². The summed E-state index contributed by atoms with van der Waals surface area (Å²) in [5.41, 5.74) is 5.22. The number of nitrogens with zero attached hydrogens (tertiary/aromatic N) is 2. The fraction of sp³-hybridized carbons (Fsp3) is 0.371. The van der Waals surface area contributed by atoms with Crippen LogP contribution in [0.4, 0.5) is 0 Å². The van der Waals surface area contributed by atoms with E-state index in [-0.39, 0.29) is 0 Å². The van der Waals surface area contributed by atoms with E-state index in [0.717, 1.165) is 36.5 Å². The molecule has 1 saturated carbocycles. The van der Waals surface area contributed by atoms with Crippen LogP contribution in [0.5, 0.6) is 0 Å². The van der Waals surface area contributed by atoms with Gasteiger partial charge in [-0.3, -0.25) is 0 Å². The SMILES string of the molecule is C=C(/C=C\C=C/C)C(c1ccccc1)(c1ccccc1)n1cnc2c1CC(CNC(=S)NC1CCCCC1)CC2. The van der Waals surface area contributed by atoms with Crippen LogP contribution in [0.25, 0.3) is 0 Å². The van der Waals surface area contributed by atoms with E-state index >= 15 is 0 Å². The molecule has 0 aliphatic heterocycles. The van der Waals surface area contributed by atoms with E-state index in [0.29, 0.717) is 12.0 Å². The number of allylic oxidation sites excluding steroid dienone is 5. The van der Waals surface area contributed by atoms with Crippen molar-refractivity contribution in [2.75, 3.05) is 6.54 Å². The van der Waals surface area contributed by atoms with Crippen molar-refractivity contribution in [3.05, 3.63) is 126 Å². The van der Waals surface area contributed by atoms with E-state index in [4.69, 9.17) is 17.2 Å². The zero-order chi connectivity index (χ0) is 27.8. The summed E-state index contributed by atoms with van der Waals surface area (Å²) in [6.07, 6.45) is 19.8. The molecule has 1 fully saturated rings. The van der Waals surface area contributed by atoms with Crippen LogP contribution in [0, 0.1) is 5.92 Å². The third-order valence-corrected chi connectivity index (χ3v) is 8.79. The monoisotopic (exact) mass is 550 g/mol. The Morgan fingerprint density at radius 3 is 2.33 bits per heavy atom. The molecule has 0 bridgehead atoms. The molecule has 1 unspecified atom stereocenters. The molecule has 0 amide bonds. The first-order chi connectivity index (χ1) is 19.6. The van der Waals surface area contributed by atoms with Gasteiger partial charge in [-0.05, 0) is 73.9 Å². The Labute approximate surface area is 245 Å². The maximum absolute atomic E-state index is 5.70. The number of fused-ring (bicyclic) bond motifs is 1. The molecule has 1 aromatic heterocycles. The van der Waals surface area contributed by atoms with Crippen LogP contribution in [0.3, 0.4) is 0 Å². The average Bonchev–Trinajstić information content (AvgIpc) is 3.42. The van der Waals surface area contributed by atoms with E-state index in [2.05, 4.69) is 101 Å². The van der Waals surface area contributed by atoms with Gasteiger partial charge in [0.25, 0.3) is 0 Å². The molecule has 2 aromatic carbocycles. The average molecular weight is 551 g/mol. The summed E-state index contributed by atoms with van der Waals surface area (Å²) < 4.78 is 2.40. The fourth-order valence-electron chi connectivity index (χ4n) is 6.47. The van der Waals surface area contributed by atoms with Crippen LogP contribution in [0.15, 0.2) is 103 Å². The molecule has 2 aliphatic carbocycles. The number of thiocarbonyl (C=S) groups is 1. The summed E-state index contributed by atoms with van der Waals surface area (Å²) in [7, 11) is 0. The lowest BCUT2D eigenvalue weighted by atomic mass is 9.75. The van der Waals surface area contributed by atoms with Crippen molar-refractivity contribution in [2.45, 2.75) is 69.9 Å². The molecule has 1 atom stereocenters. The van der Waals surface area contributed by atoms with Gasteiger partial charge < -0.3 is 15.2 Å². The van der Waals surface area contributed by atoms with Gasteiger partial charge in [0.15, 0.2) is 5.11 Å². The molecule has 2 aliphatic rings. The number of aromatic nitrogens is 2. The molecule has 40 heavy (non-hydrogen) atoms. The number of imidazole rings is 1. The maximum atomic E-state index is 5.70. The number of rotatable bonds is 9. The highest BCUT2D eigenvalue weighted by Gasteiger charge is 2.41. The molecule has 5 rings (SSSR count). The Bertz CT molecular complexity index is 1290. The largest absolute Gasteiger partial charge is 0.362 e. The lowest BCUT2D eigenvalue weighted by molar-refractivity contribution is 0.399. The first-order valence-electron chi connectivity index (χ1n) is 14.8. The van der Waals surface area contributed by atoms with Gasteiger partial charge >= 0.3 is 0 Å². The summed E-state index contributed by atoms with van der Waals surface area (Å²) in [4.78, 5) is 4.98. The third-order valence-electron chi connectivity index (χ3n) is 8.53. The van der Waals surface area contributed by atoms with Crippen molar-refractivity contribution >= 4 is 17.3 Å². The van der Waals surface area contributed by atoms with Crippen molar-refractivity contribution in [2.24, 2.45) is 5.92 Å². The minimum atomic E-state index is -0.617. The topological polar surface area (TPSA) is 41.9 Å². The number of hydrogen-bond donors (Lipinski definition) is 2. The zero-order valence-corrected chi connectivity index (χ0v) is 24.5. The second kappa shape index (κ2) is 13.3. The number of aryl methyl sites for hydroxylation is 1. The van der Waals surface area contributed by atoms with Crippen molar-refractivity contribution in [1.82, 2.24) is 20.2 Å². The smallest absolute Gasteiger partial charge is 0.166 e. The number of nitrogens with one attached hydrogen (secondary N) is 2. The molecule has 4 nitrogen and oxygen atoms in total. The van der Waals surface area contributed by atoms with Gasteiger partial charge in [-0.2, -0.15) is 0 Å². The highest BCUT2D eigenvalue weighted by molar-refractivity contribution is 7.80. The predicted molar refractivity (Wildman–Crippen MR) is 171 cm³/mol. The van der Waals surface area contributed by atoms with E-state index in [9.17, 15) is 0 Å². The van der Waals surface area contributed by atoms with Crippen LogP contribution in [-0.2, 0) is 18.4 Å². The van der Waals surface area contributed by atoms with E-state index in [1.165, 1.54) is 54.6 Å². The van der Waals surface area contributed by atoms with Gasteiger partial charge in [0, 0.05) is 18.3 Å². The Hall–Kier alpha value is -3.44. The predicted octanol–water partition coefficient (Wildman–Crippen LogP) is 7.27. The van der Waals surface area contributed by atoms with Crippen LogP contribution < -0.4 is 10.6 Å². The van der Waals surface area contributed by atoms with Gasteiger partial charge in [-0.25, -0.2) is 4.98 Å². The minimum Gasteiger partial charge on any atom is -0.362 e. The fourth-order valence-corrected chi connectivity index (χ4v) is 6.72. The second-order valence-electron chi connectivity index (χ2n) is 11.2. The summed E-state index contributed by atoms with van der Waals surface area (Å²) in [6.45, 7) is 7.59. The standard InChI is InChI=1S/C35H42N4S/c1-3-4-8-15-27(2)35(29-16-9-5-10-17-29,30-18-11-6-12-19-30)39-26-37-32-23-22-28(24-33(32)39)25-36-34(40)38-31-20-13-7-14-21-31/h3-6,8-12,15-19,26,28,31H,2,7,13-14,20-25H2,1H3,(H2,36,38,40)/b4-3-,15-8-. The molecule has 3 aromatic rings. The normalized spacial score (nSPS) is 18.1. The highest BCUT2D eigenvalue weighted by Crippen LogP contribution is 2.43. The van der Waals surface area contributed by atoms with Crippen molar-refractivity contribution in [1.29, 1.82) is 0 Å². The maximum Gasteiger partial charge on any atom is 0.166 e. The highest BCUT2D eigenvalue weighted by atomic mass is 32.1. The Morgan fingerprint density at radius 1 is 1.00 bits per heavy atom. The zero-order valence-electron chi connectivity index (χ0n) is 23.7. The van der Waals surface area contributed by atoms with Gasteiger partial charge in [0.05, 0.1) is 12.0 Å². The molecule has 0 radical (unpaired) electrons. The Kier molecular flexibility index (Phi) is 9.33. The Morgan fingerprint density at radius 2 is 1.68 bits per heavy atom. The first kappa shape index (κ1) is 28.1. The Balaban J connectivity index is 1.48. The summed E-state index contributed by atoms with van der Waals surface area (Å²) in [6, 6.07) is 22.0. The summed E-state index contributed by atoms with van der Waals surface area (Å²) in [5, 5.41) is 7.93. The molecule has 208 valence electrons. The van der Waals surface area contributed by atoms with Crippen molar-refractivity contribution in [3.8, 4) is 0 Å². The van der Waals surface area contributed by atoms with E-state index < -0.39 is 5.54 Å². The van der Waals surface area contributed by atoms with Gasteiger partial charge in [0.1, 0.15) is 5.54 Å². The summed E-state index contributed by atoms with van der Waals surface area (Å²) in [5.74, 6) is 0.477. The second-order valence-corrected chi connectivity index (χ2v) is 11.6. The lowest BCUT2D eigenvalue weighted by Gasteiger charge is -2.40. The molecule has 0 spiro atoms. The number of hydrogen-bond acceptors (Lipinski definition) is 2. The third kappa shape index (κ3) is 6.00. The molecule has 1 heterocycles. The van der Waals surface area contributed by atoms with Crippen LogP contribution in [-0.4, -0.2) is 27.3 Å². The van der Waals surface area contributed by atoms with E-state index in [1.807, 2.05) is 19.3 Å². The first-order valence-corrected chi connectivity index (χ1v) is 15.2. The quantitative estimate of drug-likeness (QED) is 0.217. The molecular formula is C35H42N4S. The van der Waals surface area contributed by atoms with Gasteiger partial charge in [0.2, 0.25) is 0 Å². The summed E-state index contributed by atoms with van der Waals surface area (Å²) >= 11 is 5.70. The van der Waals surface area contributed by atoms with Crippen LogP contribution in [0.1, 0.15) is 68.0 Å². The van der Waals surface area contributed by atoms with Crippen LogP contribution in [0.2, 0.25) is 0 Å². The lowest BCUT2D eigenvalue weighted by Crippen LogP contribution is -2.45. The van der Waals surface area contributed by atoms with Gasteiger partial charge in [-0.1, -0.05) is 111 Å². The van der Waals surface area contributed by atoms with Crippen molar-refractivity contribution in [3.63, 3.8) is 0 Å². The molecule has 2 N–H and O–H groups in total.